The van der Waals surface area contributed by atoms with Gasteiger partial charge in [0.25, 0.3) is 0 Å². The third-order valence-corrected chi connectivity index (χ3v) is 1.58. The molecule has 12 heavy (non-hydrogen) atoms. The molecular weight excluding hydrogens is 152 g/mol. The summed E-state index contributed by atoms with van der Waals surface area (Å²) in [5.74, 6) is 1.52. The Bertz CT molecular complexity index is 219. The van der Waals surface area contributed by atoms with Crippen LogP contribution >= 0.6 is 0 Å². The van der Waals surface area contributed by atoms with E-state index in [0.717, 1.165) is 31.2 Å². The van der Waals surface area contributed by atoms with E-state index in [1.54, 1.807) is 0 Å². The molecule has 1 aliphatic rings. The highest BCUT2D eigenvalue weighted by atomic mass is 16.5. The maximum absolute atomic E-state index is 5.44. The second-order valence-corrected chi connectivity index (χ2v) is 2.50. The van der Waals surface area contributed by atoms with Crippen molar-refractivity contribution in [3.8, 4) is 0 Å². The lowest BCUT2D eigenvalue weighted by Crippen LogP contribution is -2.12. The summed E-state index contributed by atoms with van der Waals surface area (Å²) in [5, 5.41) is 3.14. The number of aliphatic imine (C=N–C) groups is 1. The fourth-order valence-corrected chi connectivity index (χ4v) is 1.03. The van der Waals surface area contributed by atoms with Gasteiger partial charge in [0, 0.05) is 6.54 Å². The van der Waals surface area contributed by atoms with Crippen molar-refractivity contribution in [2.75, 3.05) is 13.2 Å². The largest absolute Gasteiger partial charge is 0.490 e. The standard InChI is InChI=1S/C9H14N2O/c1-3-5-8-9(10-2)11-6-4-7-12-8/h3,5,11H,2,4,6-7H2,1H3/b5-3-. The Kier molecular flexibility index (Phi) is 3.38. The zero-order valence-electron chi connectivity index (χ0n) is 7.34. The molecule has 0 aliphatic carbocycles. The van der Waals surface area contributed by atoms with Crippen LogP contribution < -0.4 is 5.32 Å². The van der Waals surface area contributed by atoms with E-state index in [-0.39, 0.29) is 0 Å². The summed E-state index contributed by atoms with van der Waals surface area (Å²) < 4.78 is 5.44. The first-order chi connectivity index (χ1) is 5.88. The summed E-state index contributed by atoms with van der Waals surface area (Å²) in [6, 6.07) is 0. The average molecular weight is 166 g/mol. The van der Waals surface area contributed by atoms with Crippen LogP contribution in [-0.4, -0.2) is 19.9 Å². The van der Waals surface area contributed by atoms with Crippen LogP contribution in [0.5, 0.6) is 0 Å². The van der Waals surface area contributed by atoms with Gasteiger partial charge in [-0.3, -0.25) is 0 Å². The van der Waals surface area contributed by atoms with E-state index in [2.05, 4.69) is 17.0 Å². The summed E-state index contributed by atoms with van der Waals surface area (Å²) >= 11 is 0. The van der Waals surface area contributed by atoms with Gasteiger partial charge in [-0.15, -0.1) is 0 Å². The van der Waals surface area contributed by atoms with E-state index < -0.39 is 0 Å². The summed E-state index contributed by atoms with van der Waals surface area (Å²) in [5.41, 5.74) is 0. The fraction of sp³-hybridized carbons (Fsp3) is 0.444. The second-order valence-electron chi connectivity index (χ2n) is 2.50. The van der Waals surface area contributed by atoms with Crippen LogP contribution in [0, 0.1) is 0 Å². The minimum atomic E-state index is 0.741. The minimum Gasteiger partial charge on any atom is -0.490 e. The number of nitrogens with one attached hydrogen (secondary N) is 1. The van der Waals surface area contributed by atoms with Gasteiger partial charge in [0.2, 0.25) is 0 Å². The van der Waals surface area contributed by atoms with Crippen LogP contribution in [0.2, 0.25) is 0 Å². The molecule has 1 N–H and O–H groups in total. The van der Waals surface area contributed by atoms with Crippen LogP contribution in [-0.2, 0) is 4.74 Å². The van der Waals surface area contributed by atoms with Gasteiger partial charge in [-0.05, 0) is 26.1 Å². The van der Waals surface area contributed by atoms with Crippen molar-refractivity contribution in [2.45, 2.75) is 13.3 Å². The zero-order valence-corrected chi connectivity index (χ0v) is 7.34. The first kappa shape index (κ1) is 8.84. The van der Waals surface area contributed by atoms with Crippen LogP contribution in [0.15, 0.2) is 28.7 Å². The number of hydrogen-bond acceptors (Lipinski definition) is 3. The normalized spacial score (nSPS) is 18.4. The van der Waals surface area contributed by atoms with Crippen molar-refractivity contribution in [2.24, 2.45) is 4.99 Å². The molecule has 0 saturated carbocycles. The maximum Gasteiger partial charge on any atom is 0.168 e. The lowest BCUT2D eigenvalue weighted by molar-refractivity contribution is 0.226. The van der Waals surface area contributed by atoms with Gasteiger partial charge >= 0.3 is 0 Å². The van der Waals surface area contributed by atoms with E-state index in [0.29, 0.717) is 0 Å². The number of ether oxygens (including phenoxy) is 1. The van der Waals surface area contributed by atoms with E-state index >= 15 is 0 Å². The second kappa shape index (κ2) is 4.59. The number of rotatable bonds is 2. The van der Waals surface area contributed by atoms with Crippen molar-refractivity contribution in [1.29, 1.82) is 0 Å². The van der Waals surface area contributed by atoms with Gasteiger partial charge in [-0.25, -0.2) is 4.99 Å². The van der Waals surface area contributed by atoms with Gasteiger partial charge in [0.05, 0.1) is 6.61 Å². The van der Waals surface area contributed by atoms with E-state index in [4.69, 9.17) is 4.74 Å². The molecule has 1 rings (SSSR count). The molecular formula is C9H14N2O. The molecule has 66 valence electrons. The van der Waals surface area contributed by atoms with E-state index in [1.807, 2.05) is 19.1 Å². The molecule has 0 bridgehead atoms. The first-order valence-corrected chi connectivity index (χ1v) is 4.09. The molecule has 0 fully saturated rings. The molecule has 0 amide bonds. The Labute approximate surface area is 72.8 Å². The van der Waals surface area contributed by atoms with E-state index in [1.165, 1.54) is 0 Å². The number of hydrogen-bond donors (Lipinski definition) is 1. The maximum atomic E-state index is 5.44. The van der Waals surface area contributed by atoms with Gasteiger partial charge in [-0.1, -0.05) is 6.08 Å². The molecule has 0 saturated heterocycles. The molecule has 3 nitrogen and oxygen atoms in total. The highest BCUT2D eigenvalue weighted by molar-refractivity contribution is 5.31. The Hall–Kier alpha value is -1.25. The Morgan fingerprint density at radius 1 is 1.67 bits per heavy atom. The quantitative estimate of drug-likeness (QED) is 0.630. The summed E-state index contributed by atoms with van der Waals surface area (Å²) in [6.45, 7) is 7.06. The zero-order chi connectivity index (χ0) is 8.81. The van der Waals surface area contributed by atoms with E-state index in [9.17, 15) is 0 Å². The average Bonchev–Trinajstić information content (AvgIpc) is 2.30. The van der Waals surface area contributed by atoms with Crippen LogP contribution in [0.25, 0.3) is 0 Å². The van der Waals surface area contributed by atoms with Crippen LogP contribution in [0.1, 0.15) is 13.3 Å². The van der Waals surface area contributed by atoms with Crippen molar-refractivity contribution in [1.82, 2.24) is 5.32 Å². The molecule has 0 unspecified atom stereocenters. The Morgan fingerprint density at radius 2 is 2.50 bits per heavy atom. The lowest BCUT2D eigenvalue weighted by Gasteiger charge is -2.04. The van der Waals surface area contributed by atoms with Crippen LogP contribution in [0.4, 0.5) is 0 Å². The molecule has 1 aliphatic heterocycles. The van der Waals surface area contributed by atoms with Crippen molar-refractivity contribution >= 4 is 6.72 Å². The molecule has 0 aromatic rings. The third-order valence-electron chi connectivity index (χ3n) is 1.58. The van der Waals surface area contributed by atoms with Gasteiger partial charge < -0.3 is 10.1 Å². The third kappa shape index (κ3) is 2.12. The minimum absolute atomic E-state index is 0.741. The van der Waals surface area contributed by atoms with Crippen molar-refractivity contribution in [3.05, 3.63) is 23.7 Å². The lowest BCUT2D eigenvalue weighted by atomic mass is 10.4. The molecule has 1 heterocycles. The fourth-order valence-electron chi connectivity index (χ4n) is 1.03. The molecule has 0 spiro atoms. The monoisotopic (exact) mass is 166 g/mol. The smallest absolute Gasteiger partial charge is 0.168 e. The first-order valence-electron chi connectivity index (χ1n) is 4.09. The molecule has 0 aromatic carbocycles. The predicted octanol–water partition coefficient (Wildman–Crippen LogP) is 1.44. The highest BCUT2D eigenvalue weighted by Gasteiger charge is 2.06. The van der Waals surface area contributed by atoms with Crippen molar-refractivity contribution in [3.63, 3.8) is 0 Å². The topological polar surface area (TPSA) is 33.6 Å². The predicted molar refractivity (Wildman–Crippen MR) is 50.0 cm³/mol. The summed E-state index contributed by atoms with van der Waals surface area (Å²) in [6.07, 6.45) is 4.82. The summed E-state index contributed by atoms with van der Waals surface area (Å²) in [7, 11) is 0. The molecule has 0 aromatic heterocycles. The van der Waals surface area contributed by atoms with Crippen molar-refractivity contribution < 1.29 is 4.74 Å². The van der Waals surface area contributed by atoms with Gasteiger partial charge in [0.15, 0.2) is 11.6 Å². The van der Waals surface area contributed by atoms with Gasteiger partial charge in [-0.2, -0.15) is 0 Å². The SMILES string of the molecule is C=NC1=C(/C=C\C)OCCCN1. The number of allylic oxidation sites excluding steroid dienone is 2. The molecule has 3 heteroatoms. The highest BCUT2D eigenvalue weighted by Crippen LogP contribution is 2.10. The number of nitrogens with zero attached hydrogens (tertiary/aromatic N) is 1. The van der Waals surface area contributed by atoms with Gasteiger partial charge in [0.1, 0.15) is 0 Å². The molecule has 0 radical (unpaired) electrons. The Balaban J connectivity index is 2.81. The summed E-state index contributed by atoms with van der Waals surface area (Å²) in [4.78, 5) is 3.85. The Morgan fingerprint density at radius 3 is 3.17 bits per heavy atom. The van der Waals surface area contributed by atoms with Crippen LogP contribution in [0.3, 0.4) is 0 Å². The molecule has 0 atom stereocenters.